The van der Waals surface area contributed by atoms with Gasteiger partial charge in [0.25, 0.3) is 0 Å². The molecule has 81 heavy (non-hydrogen) atoms. The van der Waals surface area contributed by atoms with Crippen molar-refractivity contribution in [3.05, 3.63) is 36.5 Å². The number of rotatable bonds is 61. The second-order valence-corrected chi connectivity index (χ2v) is 24.2. The van der Waals surface area contributed by atoms with Crippen LogP contribution in [0.4, 0.5) is 0 Å². The Hall–Kier alpha value is -2.12. The van der Waals surface area contributed by atoms with Crippen molar-refractivity contribution < 1.29 is 49.3 Å². The van der Waals surface area contributed by atoms with Gasteiger partial charge in [0.05, 0.1) is 32.0 Å². The van der Waals surface area contributed by atoms with Crippen LogP contribution in [0.5, 0.6) is 0 Å². The van der Waals surface area contributed by atoms with Crippen molar-refractivity contribution in [1.29, 1.82) is 0 Å². The van der Waals surface area contributed by atoms with Crippen molar-refractivity contribution in [3.8, 4) is 0 Å². The van der Waals surface area contributed by atoms with Crippen LogP contribution in [0.1, 0.15) is 335 Å². The molecule has 0 radical (unpaired) electrons. The minimum Gasteiger partial charge on any atom is -0.466 e. The van der Waals surface area contributed by atoms with E-state index in [0.29, 0.717) is 19.4 Å². The number of unbranched alkanes of at least 4 members (excludes halogenated alkanes) is 43. The third-order valence-corrected chi connectivity index (χ3v) is 16.5. The molecular weight excluding hydrogens is 1010 g/mol. The Labute approximate surface area is 498 Å². The average Bonchev–Trinajstić information content (AvgIpc) is 3.50. The molecule has 0 aromatic heterocycles. The molecule has 6 N–H and O–H groups in total. The lowest BCUT2D eigenvalue weighted by atomic mass is 9.99. The maximum atomic E-state index is 13.1. The van der Waals surface area contributed by atoms with Crippen LogP contribution in [0.15, 0.2) is 36.5 Å². The number of nitrogens with one attached hydrogen (secondary N) is 1. The summed E-state index contributed by atoms with van der Waals surface area (Å²) in [5.41, 5.74) is 0. The number of hydrogen-bond donors (Lipinski definition) is 6. The zero-order valence-corrected chi connectivity index (χ0v) is 52.8. The molecule has 11 nitrogen and oxygen atoms in total. The Morgan fingerprint density at radius 1 is 0.444 bits per heavy atom. The summed E-state index contributed by atoms with van der Waals surface area (Å²) in [6.07, 6.45) is 65.5. The molecule has 0 aromatic rings. The number of hydrogen-bond acceptors (Lipinski definition) is 10. The first-order valence-corrected chi connectivity index (χ1v) is 34.8. The van der Waals surface area contributed by atoms with Crippen molar-refractivity contribution in [2.75, 3.05) is 19.8 Å². The quantitative estimate of drug-likeness (QED) is 0.0195. The lowest BCUT2D eigenvalue weighted by Gasteiger charge is -2.40. The molecule has 476 valence electrons. The minimum atomic E-state index is -1.58. The van der Waals surface area contributed by atoms with E-state index in [9.17, 15) is 35.1 Å². The van der Waals surface area contributed by atoms with Gasteiger partial charge in [0.2, 0.25) is 5.91 Å². The summed E-state index contributed by atoms with van der Waals surface area (Å²) in [4.78, 5) is 25.1. The van der Waals surface area contributed by atoms with E-state index >= 15 is 0 Å². The van der Waals surface area contributed by atoms with Gasteiger partial charge in [-0.15, -0.1) is 0 Å². The second-order valence-electron chi connectivity index (χ2n) is 24.2. The van der Waals surface area contributed by atoms with E-state index in [1.807, 2.05) is 6.08 Å². The fourth-order valence-electron chi connectivity index (χ4n) is 11.0. The standard InChI is InChI=1S/C70H131NO10/c1-3-5-7-9-11-13-15-16-30-33-37-40-44-48-52-56-63(73)62(61-80-70-69(78)68(77)67(76)64(60-72)81-70)71-65(74)57-53-49-45-41-38-34-31-28-26-24-22-20-18-17-19-21-23-25-27-29-32-35-39-43-47-51-55-59-79-66(75)58-54-50-46-42-36-14-12-10-8-6-4-2/h17-18,37,40,52,56,62-64,67-70,72-73,76-78H,3-16,19-36,38-39,41-51,53-55,57-61H2,1-2H3,(H,71,74)/b18-17-,40-37+,56-52+. The fraction of sp³-hybridized carbons (Fsp3) is 0.886. The van der Waals surface area contributed by atoms with Crippen LogP contribution in [0.25, 0.3) is 0 Å². The molecule has 1 fully saturated rings. The number of amides is 1. The lowest BCUT2D eigenvalue weighted by Crippen LogP contribution is -2.60. The van der Waals surface area contributed by atoms with Gasteiger partial charge in [-0.05, 0) is 70.6 Å². The third-order valence-electron chi connectivity index (χ3n) is 16.5. The van der Waals surface area contributed by atoms with Crippen LogP contribution in [-0.2, 0) is 23.8 Å². The van der Waals surface area contributed by atoms with E-state index in [-0.39, 0.29) is 18.5 Å². The van der Waals surface area contributed by atoms with Crippen LogP contribution >= 0.6 is 0 Å². The second kappa shape index (κ2) is 59.6. The van der Waals surface area contributed by atoms with Gasteiger partial charge in [-0.3, -0.25) is 9.59 Å². The topological polar surface area (TPSA) is 175 Å². The van der Waals surface area contributed by atoms with Crippen LogP contribution < -0.4 is 5.32 Å². The molecule has 11 heteroatoms. The van der Waals surface area contributed by atoms with Crippen LogP contribution in [0.2, 0.25) is 0 Å². The summed E-state index contributed by atoms with van der Waals surface area (Å²) in [6.45, 7) is 4.35. The van der Waals surface area contributed by atoms with Crippen molar-refractivity contribution in [2.45, 2.75) is 378 Å². The first-order chi connectivity index (χ1) is 39.7. The van der Waals surface area contributed by atoms with E-state index < -0.39 is 49.5 Å². The zero-order chi connectivity index (χ0) is 58.7. The van der Waals surface area contributed by atoms with E-state index in [0.717, 1.165) is 57.8 Å². The Kier molecular flexibility index (Phi) is 56.6. The number of aliphatic hydroxyl groups is 5. The number of carbonyl (C=O) groups is 2. The highest BCUT2D eigenvalue weighted by Gasteiger charge is 2.44. The van der Waals surface area contributed by atoms with Crippen LogP contribution in [-0.4, -0.2) is 100 Å². The molecule has 7 atom stereocenters. The first-order valence-electron chi connectivity index (χ1n) is 34.8. The molecule has 1 aliphatic rings. The highest BCUT2D eigenvalue weighted by molar-refractivity contribution is 5.76. The molecule has 0 bridgehead atoms. The molecule has 0 saturated carbocycles. The van der Waals surface area contributed by atoms with Gasteiger partial charge < -0.3 is 45.1 Å². The van der Waals surface area contributed by atoms with Crippen molar-refractivity contribution in [1.82, 2.24) is 5.32 Å². The molecule has 1 aliphatic heterocycles. The van der Waals surface area contributed by atoms with Crippen molar-refractivity contribution in [2.24, 2.45) is 0 Å². The molecule has 1 amide bonds. The summed E-state index contributed by atoms with van der Waals surface area (Å²) in [5.74, 6) is -0.186. The van der Waals surface area contributed by atoms with Gasteiger partial charge in [-0.1, -0.05) is 288 Å². The number of allylic oxidation sites excluding steroid dienone is 5. The number of carbonyl (C=O) groups excluding carboxylic acids is 2. The Morgan fingerprint density at radius 3 is 1.22 bits per heavy atom. The molecular formula is C70H131NO10. The largest absolute Gasteiger partial charge is 0.466 e. The third kappa shape index (κ3) is 48.8. The maximum Gasteiger partial charge on any atom is 0.305 e. The molecule has 1 heterocycles. The molecule has 1 rings (SSSR count). The smallest absolute Gasteiger partial charge is 0.305 e. The minimum absolute atomic E-state index is 0.00520. The summed E-state index contributed by atoms with van der Waals surface area (Å²) in [6, 6.07) is -0.829. The van der Waals surface area contributed by atoms with Gasteiger partial charge in [-0.2, -0.15) is 0 Å². The van der Waals surface area contributed by atoms with Gasteiger partial charge >= 0.3 is 5.97 Å². The maximum absolute atomic E-state index is 13.1. The van der Waals surface area contributed by atoms with E-state index in [1.54, 1.807) is 6.08 Å². The average molecular weight is 1150 g/mol. The SMILES string of the molecule is CCCCCCCCCCC/C=C/CC/C=C/C(O)C(COC1OC(CO)C(O)C(O)C1O)NC(=O)CCCCCCCCCCCCC/C=C\CCCCCCCCCCCCCCOC(=O)CCCCCCCCCCCCC. The monoisotopic (exact) mass is 1150 g/mol. The summed E-state index contributed by atoms with van der Waals surface area (Å²) in [5, 5.41) is 54.5. The number of ether oxygens (including phenoxy) is 3. The number of aliphatic hydroxyl groups excluding tert-OH is 5. The van der Waals surface area contributed by atoms with Crippen molar-refractivity contribution in [3.63, 3.8) is 0 Å². The van der Waals surface area contributed by atoms with Crippen LogP contribution in [0, 0.1) is 0 Å². The van der Waals surface area contributed by atoms with Gasteiger partial charge in [-0.25, -0.2) is 0 Å². The van der Waals surface area contributed by atoms with E-state index in [1.165, 1.54) is 250 Å². The van der Waals surface area contributed by atoms with Gasteiger partial charge in [0.1, 0.15) is 24.4 Å². The Bertz CT molecular complexity index is 1440. The van der Waals surface area contributed by atoms with E-state index in [2.05, 4.69) is 43.5 Å². The predicted octanol–water partition coefficient (Wildman–Crippen LogP) is 17.4. The summed E-state index contributed by atoms with van der Waals surface area (Å²) >= 11 is 0. The fourth-order valence-corrected chi connectivity index (χ4v) is 11.0. The Morgan fingerprint density at radius 2 is 0.802 bits per heavy atom. The van der Waals surface area contributed by atoms with Crippen molar-refractivity contribution >= 4 is 11.9 Å². The summed E-state index contributed by atoms with van der Waals surface area (Å²) < 4.78 is 16.7. The normalized spacial score (nSPS) is 18.4. The first kappa shape index (κ1) is 76.9. The highest BCUT2D eigenvalue weighted by Crippen LogP contribution is 2.23. The zero-order valence-electron chi connectivity index (χ0n) is 52.8. The molecule has 0 aromatic carbocycles. The molecule has 7 unspecified atom stereocenters. The molecule has 1 saturated heterocycles. The molecule has 0 aliphatic carbocycles. The lowest BCUT2D eigenvalue weighted by molar-refractivity contribution is -0.302. The van der Waals surface area contributed by atoms with E-state index in [4.69, 9.17) is 14.2 Å². The molecule has 0 spiro atoms. The summed E-state index contributed by atoms with van der Waals surface area (Å²) in [7, 11) is 0. The van der Waals surface area contributed by atoms with Gasteiger partial charge in [0, 0.05) is 12.8 Å². The Balaban J connectivity index is 2.03. The number of esters is 1. The predicted molar refractivity (Wildman–Crippen MR) is 338 cm³/mol. The highest BCUT2D eigenvalue weighted by atomic mass is 16.7. The van der Waals surface area contributed by atoms with Gasteiger partial charge in [0.15, 0.2) is 6.29 Å². The van der Waals surface area contributed by atoms with Crippen LogP contribution in [0.3, 0.4) is 0 Å².